The second-order valence-electron chi connectivity index (χ2n) is 10.2. The number of anilines is 1. The van der Waals surface area contributed by atoms with Gasteiger partial charge >= 0.3 is 6.09 Å². The monoisotopic (exact) mass is 609 g/mol. The number of nitrogens with zero attached hydrogens (tertiary/aromatic N) is 5. The Morgan fingerprint density at radius 1 is 1.14 bits per heavy atom. The Hall–Kier alpha value is -2.41. The summed E-state index contributed by atoms with van der Waals surface area (Å²) in [5.74, 6) is 0.577. The van der Waals surface area contributed by atoms with E-state index >= 15 is 0 Å². The highest BCUT2D eigenvalue weighted by atomic mass is 127. The molecule has 1 saturated carbocycles. The van der Waals surface area contributed by atoms with Crippen molar-refractivity contribution in [1.82, 2.24) is 18.8 Å². The van der Waals surface area contributed by atoms with Crippen molar-refractivity contribution < 1.29 is 17.9 Å². The molecule has 9 nitrogen and oxygen atoms in total. The van der Waals surface area contributed by atoms with Crippen molar-refractivity contribution in [2.24, 2.45) is 0 Å². The molecule has 3 aromatic rings. The topological polar surface area (TPSA) is 97.6 Å². The molecular weight excluding hydrogens is 581 g/mol. The molecule has 1 amide bonds. The normalized spacial score (nSPS) is 17.7. The van der Waals surface area contributed by atoms with Crippen molar-refractivity contribution in [3.63, 3.8) is 0 Å². The Kier molecular flexibility index (Phi) is 5.98. The van der Waals surface area contributed by atoms with E-state index in [4.69, 9.17) is 4.74 Å². The molecule has 1 saturated heterocycles. The Bertz CT molecular complexity index is 1380. The van der Waals surface area contributed by atoms with Crippen molar-refractivity contribution in [1.29, 1.82) is 0 Å². The van der Waals surface area contributed by atoms with E-state index in [0.29, 0.717) is 42.0 Å². The number of benzene rings is 1. The number of hydrogen-bond donors (Lipinski definition) is 0. The minimum Gasteiger partial charge on any atom is -0.444 e. The summed E-state index contributed by atoms with van der Waals surface area (Å²) < 4.78 is 34.3. The Balaban J connectivity index is 1.45. The molecule has 2 aromatic heterocycles. The first-order chi connectivity index (χ1) is 16.5. The van der Waals surface area contributed by atoms with Gasteiger partial charge in [0, 0.05) is 29.4 Å². The van der Waals surface area contributed by atoms with E-state index in [1.54, 1.807) is 18.3 Å². The molecule has 1 aromatic carbocycles. The minimum absolute atomic E-state index is 0.120. The summed E-state index contributed by atoms with van der Waals surface area (Å²) >= 11 is 2.15. The first-order valence-electron chi connectivity index (χ1n) is 11.5. The van der Waals surface area contributed by atoms with Gasteiger partial charge in [0.1, 0.15) is 17.7 Å². The number of carbonyl (C=O) groups is 1. The molecule has 1 aliphatic heterocycles. The van der Waals surface area contributed by atoms with E-state index in [-0.39, 0.29) is 17.4 Å². The number of fused-ring (bicyclic) bond motifs is 1. The molecule has 0 N–H and O–H groups in total. The maximum absolute atomic E-state index is 13.3. The molecule has 0 bridgehead atoms. The maximum atomic E-state index is 13.3. The molecule has 0 unspecified atom stereocenters. The molecule has 1 aliphatic carbocycles. The van der Waals surface area contributed by atoms with Crippen molar-refractivity contribution in [3.05, 3.63) is 52.0 Å². The van der Waals surface area contributed by atoms with Gasteiger partial charge in [0.2, 0.25) is 10.0 Å². The lowest BCUT2D eigenvalue weighted by Crippen LogP contribution is -2.58. The quantitative estimate of drug-likeness (QED) is 0.413. The SMILES string of the molecule is CC(C)(C)OC(=O)N1CCN(c2ncnc3c2c(I)cn3S(=O)(=O)Cc2ccccc2)CC12CC2. The van der Waals surface area contributed by atoms with Gasteiger partial charge in [0.15, 0.2) is 5.65 Å². The summed E-state index contributed by atoms with van der Waals surface area (Å²) in [6, 6.07) is 9.11. The second-order valence-corrected chi connectivity index (χ2v) is 13.2. The molecule has 186 valence electrons. The fraction of sp³-hybridized carbons (Fsp3) is 0.458. The van der Waals surface area contributed by atoms with Gasteiger partial charge in [0.05, 0.1) is 16.7 Å². The highest BCUT2D eigenvalue weighted by molar-refractivity contribution is 14.1. The van der Waals surface area contributed by atoms with Crippen molar-refractivity contribution in [2.45, 2.75) is 50.5 Å². The first kappa shape index (κ1) is 24.3. The number of piperazine rings is 1. The zero-order valence-electron chi connectivity index (χ0n) is 19.9. The number of halogens is 1. The van der Waals surface area contributed by atoms with Gasteiger partial charge in [0.25, 0.3) is 0 Å². The number of amides is 1. The standard InChI is InChI=1S/C24H28IN5O4S/c1-23(2,3)34-22(31)29-12-11-28(15-24(29)9-10-24)20-19-18(25)13-30(21(19)27-16-26-20)35(32,33)14-17-7-5-4-6-8-17/h4-8,13,16H,9-12,14-15H2,1-3H3. The van der Waals surface area contributed by atoms with Gasteiger partial charge in [-0.3, -0.25) is 4.90 Å². The van der Waals surface area contributed by atoms with Crippen LogP contribution in [0.5, 0.6) is 0 Å². The Morgan fingerprint density at radius 3 is 2.51 bits per heavy atom. The molecule has 0 atom stereocenters. The van der Waals surface area contributed by atoms with Crippen LogP contribution in [0.4, 0.5) is 10.6 Å². The number of hydrogen-bond acceptors (Lipinski definition) is 7. The molecule has 1 spiro atoms. The molecule has 2 aliphatic rings. The number of carbonyl (C=O) groups excluding carboxylic acids is 1. The lowest BCUT2D eigenvalue weighted by molar-refractivity contribution is 0.0106. The van der Waals surface area contributed by atoms with E-state index in [1.165, 1.54) is 10.3 Å². The number of aromatic nitrogens is 3. The summed E-state index contributed by atoms with van der Waals surface area (Å²) in [5, 5.41) is 0.714. The number of rotatable bonds is 4. The summed E-state index contributed by atoms with van der Waals surface area (Å²) in [6.07, 6.45) is 4.56. The Labute approximate surface area is 218 Å². The van der Waals surface area contributed by atoms with Gasteiger partial charge in [-0.25, -0.2) is 27.2 Å². The van der Waals surface area contributed by atoms with Crippen LogP contribution in [-0.2, 0) is 20.5 Å². The first-order valence-corrected chi connectivity index (χ1v) is 14.2. The predicted octanol–water partition coefficient (Wildman–Crippen LogP) is 4.00. The van der Waals surface area contributed by atoms with E-state index < -0.39 is 15.6 Å². The minimum atomic E-state index is -3.68. The van der Waals surface area contributed by atoms with E-state index in [1.807, 2.05) is 43.9 Å². The van der Waals surface area contributed by atoms with Crippen LogP contribution in [0.25, 0.3) is 11.0 Å². The van der Waals surface area contributed by atoms with Gasteiger partial charge in [-0.15, -0.1) is 0 Å². The van der Waals surface area contributed by atoms with Crippen LogP contribution >= 0.6 is 22.6 Å². The second kappa shape index (κ2) is 8.61. The van der Waals surface area contributed by atoms with E-state index in [9.17, 15) is 13.2 Å². The third-order valence-corrected chi connectivity index (χ3v) is 8.76. The van der Waals surface area contributed by atoms with Crippen molar-refractivity contribution >= 4 is 55.6 Å². The molecule has 35 heavy (non-hydrogen) atoms. The third-order valence-electron chi connectivity index (χ3n) is 6.37. The summed E-state index contributed by atoms with van der Waals surface area (Å²) in [6.45, 7) is 7.33. The van der Waals surface area contributed by atoms with Gasteiger partial charge < -0.3 is 9.64 Å². The summed E-state index contributed by atoms with van der Waals surface area (Å²) in [5.41, 5.74) is 0.265. The maximum Gasteiger partial charge on any atom is 0.410 e. The van der Waals surface area contributed by atoms with Gasteiger partial charge in [-0.1, -0.05) is 30.3 Å². The van der Waals surface area contributed by atoms with Crippen LogP contribution in [0, 0.1) is 3.57 Å². The smallest absolute Gasteiger partial charge is 0.410 e. The molecule has 0 radical (unpaired) electrons. The molecule has 2 fully saturated rings. The zero-order valence-corrected chi connectivity index (χ0v) is 22.9. The predicted molar refractivity (Wildman–Crippen MR) is 142 cm³/mol. The third kappa shape index (κ3) is 4.72. The largest absolute Gasteiger partial charge is 0.444 e. The van der Waals surface area contributed by atoms with Crippen molar-refractivity contribution in [3.8, 4) is 0 Å². The van der Waals surface area contributed by atoms with Gasteiger partial charge in [-0.05, 0) is 61.8 Å². The fourth-order valence-electron chi connectivity index (χ4n) is 4.62. The molecule has 5 rings (SSSR count). The molecule has 11 heteroatoms. The van der Waals surface area contributed by atoms with Crippen LogP contribution in [0.15, 0.2) is 42.9 Å². The lowest BCUT2D eigenvalue weighted by Gasteiger charge is -2.43. The van der Waals surface area contributed by atoms with Gasteiger partial charge in [-0.2, -0.15) is 0 Å². The average molecular weight is 609 g/mol. The number of ether oxygens (including phenoxy) is 1. The van der Waals surface area contributed by atoms with Crippen molar-refractivity contribution in [2.75, 3.05) is 24.5 Å². The van der Waals surface area contributed by atoms with Crippen LogP contribution in [0.1, 0.15) is 39.2 Å². The highest BCUT2D eigenvalue weighted by Crippen LogP contribution is 2.46. The highest BCUT2D eigenvalue weighted by Gasteiger charge is 2.54. The van der Waals surface area contributed by atoms with E-state index in [0.717, 1.165) is 16.4 Å². The lowest BCUT2D eigenvalue weighted by atomic mass is 10.1. The zero-order chi connectivity index (χ0) is 25.0. The van der Waals surface area contributed by atoms with Crippen LogP contribution in [0.3, 0.4) is 0 Å². The molecule has 3 heterocycles. The summed E-state index contributed by atoms with van der Waals surface area (Å²) in [4.78, 5) is 25.8. The van der Waals surface area contributed by atoms with Crippen LogP contribution < -0.4 is 4.90 Å². The van der Waals surface area contributed by atoms with Crippen LogP contribution in [0.2, 0.25) is 0 Å². The Morgan fingerprint density at radius 2 is 1.86 bits per heavy atom. The fourth-order valence-corrected chi connectivity index (χ4v) is 6.99. The molecular formula is C24H28IN5O4S. The van der Waals surface area contributed by atoms with Crippen LogP contribution in [-0.4, -0.2) is 64.1 Å². The summed E-state index contributed by atoms with van der Waals surface area (Å²) in [7, 11) is -3.68. The van der Waals surface area contributed by atoms with E-state index in [2.05, 4.69) is 37.5 Å². The average Bonchev–Trinajstić information content (AvgIpc) is 3.45.